The van der Waals surface area contributed by atoms with Crippen LogP contribution in [0.2, 0.25) is 0 Å². The van der Waals surface area contributed by atoms with E-state index in [0.717, 1.165) is 19.3 Å². The molecule has 1 N–H and O–H groups in total. The van der Waals surface area contributed by atoms with Crippen LogP contribution in [-0.2, 0) is 22.4 Å². The number of aliphatic hydroxyl groups excluding tert-OH is 1. The standard InChI is InChI=1S/C31H38O3/c1-4-5-6-8-25-12-16-28(17-13-25)30-19-18-29(21-23(30)2)27-14-10-26(11-15-27)9-7-20-34-31(33)24(3)22-32/h10-19,21,24,32H,4-9,20,22H2,1-3H3. The Labute approximate surface area is 204 Å². The van der Waals surface area contributed by atoms with Crippen molar-refractivity contribution in [2.75, 3.05) is 13.2 Å². The van der Waals surface area contributed by atoms with Crippen LogP contribution < -0.4 is 0 Å². The minimum Gasteiger partial charge on any atom is -0.465 e. The van der Waals surface area contributed by atoms with Crippen LogP contribution in [0.15, 0.2) is 66.7 Å². The zero-order valence-electron chi connectivity index (χ0n) is 20.8. The van der Waals surface area contributed by atoms with Gasteiger partial charge >= 0.3 is 5.97 Å². The molecule has 0 aliphatic rings. The Morgan fingerprint density at radius 1 is 0.824 bits per heavy atom. The van der Waals surface area contributed by atoms with E-state index in [4.69, 9.17) is 9.84 Å². The first-order valence-electron chi connectivity index (χ1n) is 12.6. The predicted octanol–water partition coefficient (Wildman–Crippen LogP) is 7.17. The van der Waals surface area contributed by atoms with Gasteiger partial charge in [-0.05, 0) is 78.5 Å². The van der Waals surface area contributed by atoms with Gasteiger partial charge in [0, 0.05) is 0 Å². The van der Waals surface area contributed by atoms with Gasteiger partial charge in [0.25, 0.3) is 0 Å². The molecular formula is C31H38O3. The average Bonchev–Trinajstić information content (AvgIpc) is 2.87. The topological polar surface area (TPSA) is 46.5 Å². The van der Waals surface area contributed by atoms with Gasteiger partial charge in [0.1, 0.15) is 0 Å². The summed E-state index contributed by atoms with van der Waals surface area (Å²) in [5, 5.41) is 8.99. The van der Waals surface area contributed by atoms with Crippen molar-refractivity contribution in [3.05, 3.63) is 83.4 Å². The van der Waals surface area contributed by atoms with Crippen LogP contribution in [0.1, 0.15) is 56.2 Å². The third kappa shape index (κ3) is 7.30. The lowest BCUT2D eigenvalue weighted by Crippen LogP contribution is -2.18. The molecule has 3 nitrogen and oxygen atoms in total. The molecule has 180 valence electrons. The Morgan fingerprint density at radius 2 is 1.41 bits per heavy atom. The van der Waals surface area contributed by atoms with Crippen LogP contribution >= 0.6 is 0 Å². The van der Waals surface area contributed by atoms with E-state index in [1.165, 1.54) is 58.2 Å². The van der Waals surface area contributed by atoms with Crippen LogP contribution in [0.25, 0.3) is 22.3 Å². The van der Waals surface area contributed by atoms with Gasteiger partial charge < -0.3 is 9.84 Å². The fourth-order valence-electron chi connectivity index (χ4n) is 4.13. The molecule has 0 saturated carbocycles. The number of rotatable bonds is 12. The lowest BCUT2D eigenvalue weighted by molar-refractivity contribution is -0.149. The molecule has 34 heavy (non-hydrogen) atoms. The molecule has 1 unspecified atom stereocenters. The molecule has 3 aromatic rings. The molecular weight excluding hydrogens is 420 g/mol. The van der Waals surface area contributed by atoms with E-state index in [2.05, 4.69) is 80.6 Å². The molecule has 0 aromatic heterocycles. The van der Waals surface area contributed by atoms with Gasteiger partial charge in [-0.15, -0.1) is 0 Å². The number of carbonyl (C=O) groups is 1. The normalized spacial score (nSPS) is 11.9. The Morgan fingerprint density at radius 3 is 2.00 bits per heavy atom. The summed E-state index contributed by atoms with van der Waals surface area (Å²) < 4.78 is 5.20. The minimum atomic E-state index is -0.455. The molecule has 0 bridgehead atoms. The zero-order chi connectivity index (χ0) is 24.3. The zero-order valence-corrected chi connectivity index (χ0v) is 20.8. The minimum absolute atomic E-state index is 0.174. The highest BCUT2D eigenvalue weighted by molar-refractivity contribution is 5.74. The first-order valence-corrected chi connectivity index (χ1v) is 12.6. The van der Waals surface area contributed by atoms with Gasteiger partial charge in [-0.2, -0.15) is 0 Å². The Balaban J connectivity index is 1.57. The molecule has 0 radical (unpaired) electrons. The molecule has 3 rings (SSSR count). The third-order valence-corrected chi connectivity index (χ3v) is 6.38. The van der Waals surface area contributed by atoms with Crippen molar-refractivity contribution < 1.29 is 14.6 Å². The fraction of sp³-hybridized carbons (Fsp3) is 0.387. The molecule has 3 aromatic carbocycles. The maximum atomic E-state index is 11.6. The van der Waals surface area contributed by atoms with E-state index < -0.39 is 5.92 Å². The van der Waals surface area contributed by atoms with Crippen molar-refractivity contribution in [2.24, 2.45) is 5.92 Å². The van der Waals surface area contributed by atoms with Crippen LogP contribution in [-0.4, -0.2) is 24.3 Å². The SMILES string of the molecule is CCCCCc1ccc(-c2ccc(-c3ccc(CCCOC(=O)C(C)CO)cc3)cc2C)cc1. The maximum absolute atomic E-state index is 11.6. The number of aliphatic hydroxyl groups is 1. The molecule has 0 fully saturated rings. The quantitative estimate of drug-likeness (QED) is 0.231. The summed E-state index contributed by atoms with van der Waals surface area (Å²) in [6, 6.07) is 24.4. The number of aryl methyl sites for hydroxylation is 3. The van der Waals surface area contributed by atoms with E-state index in [1.54, 1.807) is 6.92 Å². The molecule has 1 atom stereocenters. The highest BCUT2D eigenvalue weighted by Gasteiger charge is 2.12. The Hall–Kier alpha value is -2.91. The van der Waals surface area contributed by atoms with E-state index >= 15 is 0 Å². The molecule has 3 heteroatoms. The van der Waals surface area contributed by atoms with Crippen molar-refractivity contribution in [3.8, 4) is 22.3 Å². The molecule has 0 saturated heterocycles. The summed E-state index contributed by atoms with van der Waals surface area (Å²) in [5.41, 5.74) is 8.90. The predicted molar refractivity (Wildman–Crippen MR) is 141 cm³/mol. The first kappa shape index (κ1) is 25.7. The molecule has 0 heterocycles. The van der Waals surface area contributed by atoms with E-state index in [1.807, 2.05) is 0 Å². The van der Waals surface area contributed by atoms with Gasteiger partial charge in [0.05, 0.1) is 19.1 Å². The second-order valence-electron chi connectivity index (χ2n) is 9.24. The lowest BCUT2D eigenvalue weighted by atomic mass is 9.94. The number of carbonyl (C=O) groups excluding carboxylic acids is 1. The summed E-state index contributed by atoms with van der Waals surface area (Å²) in [5.74, 6) is -0.788. The molecule has 0 aliphatic heterocycles. The summed E-state index contributed by atoms with van der Waals surface area (Å²) in [7, 11) is 0. The Bertz CT molecular complexity index is 1040. The number of unbranched alkanes of at least 4 members (excludes halogenated alkanes) is 2. The van der Waals surface area contributed by atoms with Crippen molar-refractivity contribution in [1.29, 1.82) is 0 Å². The average molecular weight is 459 g/mol. The van der Waals surface area contributed by atoms with Crippen LogP contribution in [0.3, 0.4) is 0 Å². The van der Waals surface area contributed by atoms with Crippen LogP contribution in [0.4, 0.5) is 0 Å². The maximum Gasteiger partial charge on any atom is 0.310 e. The third-order valence-electron chi connectivity index (χ3n) is 6.38. The Kier molecular flexibility index (Phi) is 9.90. The second-order valence-corrected chi connectivity index (χ2v) is 9.24. The van der Waals surface area contributed by atoms with Gasteiger partial charge in [-0.3, -0.25) is 4.79 Å². The lowest BCUT2D eigenvalue weighted by Gasteiger charge is -2.11. The molecule has 0 spiro atoms. The fourth-order valence-corrected chi connectivity index (χ4v) is 4.13. The first-order chi connectivity index (χ1) is 16.5. The summed E-state index contributed by atoms with van der Waals surface area (Å²) in [6.07, 6.45) is 6.61. The van der Waals surface area contributed by atoms with E-state index in [9.17, 15) is 4.79 Å². The van der Waals surface area contributed by atoms with E-state index in [0.29, 0.717) is 6.61 Å². The van der Waals surface area contributed by atoms with Crippen LogP contribution in [0, 0.1) is 12.8 Å². The van der Waals surface area contributed by atoms with Gasteiger partial charge in [0.15, 0.2) is 0 Å². The van der Waals surface area contributed by atoms with Gasteiger partial charge in [-0.25, -0.2) is 0 Å². The highest BCUT2D eigenvalue weighted by atomic mass is 16.5. The van der Waals surface area contributed by atoms with Crippen molar-refractivity contribution in [3.63, 3.8) is 0 Å². The highest BCUT2D eigenvalue weighted by Crippen LogP contribution is 2.29. The monoisotopic (exact) mass is 458 g/mol. The number of hydrogen-bond donors (Lipinski definition) is 1. The van der Waals surface area contributed by atoms with Crippen LogP contribution in [0.5, 0.6) is 0 Å². The smallest absolute Gasteiger partial charge is 0.310 e. The van der Waals surface area contributed by atoms with Gasteiger partial charge in [0.2, 0.25) is 0 Å². The van der Waals surface area contributed by atoms with Crippen molar-refractivity contribution in [2.45, 2.75) is 59.3 Å². The summed E-state index contributed by atoms with van der Waals surface area (Å²) in [6.45, 7) is 6.30. The largest absolute Gasteiger partial charge is 0.465 e. The summed E-state index contributed by atoms with van der Waals surface area (Å²) in [4.78, 5) is 11.6. The number of esters is 1. The van der Waals surface area contributed by atoms with E-state index in [-0.39, 0.29) is 12.6 Å². The van der Waals surface area contributed by atoms with Crippen molar-refractivity contribution in [1.82, 2.24) is 0 Å². The van der Waals surface area contributed by atoms with Crippen molar-refractivity contribution >= 4 is 5.97 Å². The second kappa shape index (κ2) is 13.1. The number of ether oxygens (including phenoxy) is 1. The molecule has 0 aliphatic carbocycles. The summed E-state index contributed by atoms with van der Waals surface area (Å²) >= 11 is 0. The number of benzene rings is 3. The van der Waals surface area contributed by atoms with Gasteiger partial charge in [-0.1, -0.05) is 86.5 Å². The molecule has 0 amide bonds. The number of hydrogen-bond acceptors (Lipinski definition) is 3.